The molecule has 0 spiro atoms. The molecule has 1 saturated heterocycles. The molecule has 3 N–H and O–H groups in total. The van der Waals surface area contributed by atoms with E-state index in [1.165, 1.54) is 12.1 Å². The van der Waals surface area contributed by atoms with Crippen molar-refractivity contribution in [1.82, 2.24) is 9.97 Å². The van der Waals surface area contributed by atoms with Gasteiger partial charge < -0.3 is 16.0 Å². The Morgan fingerprint density at radius 3 is 2.61 bits per heavy atom. The molecule has 166 valence electrons. The lowest BCUT2D eigenvalue weighted by Crippen LogP contribution is -2.36. The van der Waals surface area contributed by atoms with Crippen LogP contribution in [0.5, 0.6) is 0 Å². The van der Waals surface area contributed by atoms with Gasteiger partial charge in [-0.2, -0.15) is 18.4 Å². The van der Waals surface area contributed by atoms with Gasteiger partial charge in [0.2, 0.25) is 5.95 Å². The zero-order chi connectivity index (χ0) is 22.0. The second-order valence-corrected chi connectivity index (χ2v) is 9.49. The number of hydrogen-bond acceptors (Lipinski definition) is 8. The Labute approximate surface area is 181 Å². The Morgan fingerprint density at radius 1 is 1.19 bits per heavy atom. The van der Waals surface area contributed by atoms with E-state index in [1.807, 2.05) is 11.0 Å². The van der Waals surface area contributed by atoms with E-state index in [1.54, 1.807) is 12.1 Å². The molecule has 0 bridgehead atoms. The fraction of sp³-hybridized carbons (Fsp3) is 0.476. The molecule has 0 radical (unpaired) electrons. The fourth-order valence-corrected chi connectivity index (χ4v) is 4.40. The lowest BCUT2D eigenvalue weighted by atomic mass is 10.0. The normalized spacial score (nSPS) is 18.9. The molecule has 2 heterocycles. The van der Waals surface area contributed by atoms with Gasteiger partial charge in [-0.25, -0.2) is 0 Å². The van der Waals surface area contributed by atoms with E-state index in [-0.39, 0.29) is 22.7 Å². The molecule has 1 aliphatic carbocycles. The number of nitrogens with one attached hydrogen (secondary N) is 1. The number of halogens is 1. The third-order valence-electron chi connectivity index (χ3n) is 5.67. The van der Waals surface area contributed by atoms with Crippen molar-refractivity contribution in [3.8, 4) is 0 Å². The van der Waals surface area contributed by atoms with Gasteiger partial charge in [-0.1, -0.05) is 12.1 Å². The molecule has 2 aliphatic rings. The molecule has 4 rings (SSSR count). The molecule has 10 heteroatoms. The second kappa shape index (κ2) is 8.78. The van der Waals surface area contributed by atoms with Crippen LogP contribution in [0.1, 0.15) is 44.1 Å². The minimum atomic E-state index is -4.69. The maximum atomic E-state index is 13.0. The van der Waals surface area contributed by atoms with E-state index >= 15 is 0 Å². The van der Waals surface area contributed by atoms with Gasteiger partial charge in [0.1, 0.15) is 11.6 Å². The van der Waals surface area contributed by atoms with Gasteiger partial charge in [0.25, 0.3) is 0 Å². The predicted octanol–water partition coefficient (Wildman–Crippen LogP) is 2.85. The first-order chi connectivity index (χ1) is 14.8. The molecule has 1 aromatic carbocycles. The van der Waals surface area contributed by atoms with E-state index in [4.69, 9.17) is 5.73 Å². The number of carbonyl (C=O) groups is 1. The van der Waals surface area contributed by atoms with Crippen LogP contribution in [0.2, 0.25) is 0 Å². The topological polar surface area (TPSA) is 118 Å². The van der Waals surface area contributed by atoms with E-state index in [0.29, 0.717) is 36.9 Å². The molecule has 8 nitrogen and oxygen atoms in total. The van der Waals surface area contributed by atoms with Crippen molar-refractivity contribution >= 4 is 33.6 Å². The maximum absolute atomic E-state index is 13.0. The van der Waals surface area contributed by atoms with Crippen molar-refractivity contribution in [2.24, 2.45) is 0 Å². The van der Waals surface area contributed by atoms with Crippen LogP contribution < -0.4 is 16.0 Å². The molecule has 1 atom stereocenters. The smallest absolute Gasteiger partial charge is 0.332 e. The summed E-state index contributed by atoms with van der Waals surface area (Å²) in [7, 11) is -4.69. The quantitative estimate of drug-likeness (QED) is 0.564. The Hall–Kier alpha value is -2.75. The highest BCUT2D eigenvalue weighted by Crippen LogP contribution is 2.30. The number of hydrogen-bond donors (Lipinski definition) is 2. The van der Waals surface area contributed by atoms with Crippen LogP contribution in [0.15, 0.2) is 35.2 Å². The van der Waals surface area contributed by atoms with Crippen molar-refractivity contribution < 1.29 is 17.1 Å². The molecule has 1 unspecified atom stereocenters. The van der Waals surface area contributed by atoms with Crippen LogP contribution in [-0.4, -0.2) is 42.8 Å². The lowest BCUT2D eigenvalue weighted by Gasteiger charge is -2.25. The number of benzene rings is 1. The zero-order valence-corrected chi connectivity index (χ0v) is 17.9. The Bertz CT molecular complexity index is 1060. The highest BCUT2D eigenvalue weighted by molar-refractivity contribution is 7.86. The maximum Gasteiger partial charge on any atom is 0.332 e. The summed E-state index contributed by atoms with van der Waals surface area (Å²) in [6.45, 7) is 0.745. The Balaban J connectivity index is 1.35. The van der Waals surface area contributed by atoms with Crippen LogP contribution in [0, 0.1) is 0 Å². The first-order valence-electron chi connectivity index (χ1n) is 10.5. The molecule has 0 amide bonds. The third kappa shape index (κ3) is 5.49. The van der Waals surface area contributed by atoms with Crippen molar-refractivity contribution in [3.63, 3.8) is 0 Å². The van der Waals surface area contributed by atoms with Crippen LogP contribution in [0.4, 0.5) is 21.5 Å². The number of carbonyl (C=O) groups excluding carboxylic acids is 1. The largest absolute Gasteiger partial charge is 0.368 e. The van der Waals surface area contributed by atoms with Gasteiger partial charge in [-0.15, -0.1) is 3.89 Å². The van der Waals surface area contributed by atoms with Gasteiger partial charge in [-0.3, -0.25) is 4.79 Å². The summed E-state index contributed by atoms with van der Waals surface area (Å²) < 4.78 is 34.8. The second-order valence-electron chi connectivity index (χ2n) is 8.14. The molecule has 2 aromatic rings. The average molecular weight is 448 g/mol. The molecule has 31 heavy (non-hydrogen) atoms. The highest BCUT2D eigenvalue weighted by Gasteiger charge is 2.32. The number of Topliss-reactive ketones (excluding diaryl/α,β-unsaturated/α-hetero) is 1. The van der Waals surface area contributed by atoms with Crippen molar-refractivity contribution in [2.45, 2.75) is 61.9 Å². The standard InChI is InChI=1S/C21H26FN5O3S/c22-31(29,30)16-10-6-14(7-11-16)3-1-5-18(28)17-4-2-12-27(17)20-13-19(24-15-8-9-15)25-21(23)26-20/h6-7,10-11,13,15,17H,1-5,8-9,12H2,(H3,23,24,25,26). The molecule has 1 aromatic heterocycles. The summed E-state index contributed by atoms with van der Waals surface area (Å²) in [6.07, 6.45) is 5.57. The van der Waals surface area contributed by atoms with Gasteiger partial charge in [0.15, 0.2) is 5.78 Å². The number of anilines is 3. The van der Waals surface area contributed by atoms with E-state index in [2.05, 4.69) is 15.3 Å². The zero-order valence-electron chi connectivity index (χ0n) is 17.1. The third-order valence-corrected chi connectivity index (χ3v) is 6.51. The molecular weight excluding hydrogens is 421 g/mol. The van der Waals surface area contributed by atoms with Crippen LogP contribution in [0.3, 0.4) is 0 Å². The summed E-state index contributed by atoms with van der Waals surface area (Å²) in [6, 6.07) is 7.73. The number of nitrogens with two attached hydrogens (primary N) is 1. The van der Waals surface area contributed by atoms with Crippen molar-refractivity contribution in [3.05, 3.63) is 35.9 Å². The number of rotatable bonds is 9. The monoisotopic (exact) mass is 447 g/mol. The molecule has 2 fully saturated rings. The van der Waals surface area contributed by atoms with E-state index in [0.717, 1.165) is 37.8 Å². The van der Waals surface area contributed by atoms with Gasteiger partial charge in [0.05, 0.1) is 10.9 Å². The molecule has 1 saturated carbocycles. The first kappa shape index (κ1) is 21.5. The number of aromatic nitrogens is 2. The number of ketones is 1. The number of aryl methyl sites for hydroxylation is 1. The highest BCUT2D eigenvalue weighted by atomic mass is 32.3. The molecule has 1 aliphatic heterocycles. The molecular formula is C21H26FN5O3S. The summed E-state index contributed by atoms with van der Waals surface area (Å²) >= 11 is 0. The summed E-state index contributed by atoms with van der Waals surface area (Å²) in [5.41, 5.74) is 6.76. The minimum Gasteiger partial charge on any atom is -0.368 e. The van der Waals surface area contributed by atoms with Gasteiger partial charge in [0, 0.05) is 25.1 Å². The number of nitrogen functional groups attached to an aromatic ring is 1. The summed E-state index contributed by atoms with van der Waals surface area (Å²) in [5, 5.41) is 3.33. The van der Waals surface area contributed by atoms with Gasteiger partial charge >= 0.3 is 10.2 Å². The lowest BCUT2D eigenvalue weighted by molar-refractivity contribution is -0.120. The first-order valence-corrected chi connectivity index (χ1v) is 11.9. The SMILES string of the molecule is Nc1nc(NC2CC2)cc(N2CCCC2C(=O)CCCc2ccc(S(=O)(=O)F)cc2)n1. The van der Waals surface area contributed by atoms with Crippen LogP contribution in [0.25, 0.3) is 0 Å². The predicted molar refractivity (Wildman–Crippen MR) is 116 cm³/mol. The average Bonchev–Trinajstić information content (AvgIpc) is 3.38. The summed E-state index contributed by atoms with van der Waals surface area (Å²) in [5.74, 6) is 1.71. The summed E-state index contributed by atoms with van der Waals surface area (Å²) in [4.78, 5) is 23.2. The fourth-order valence-electron chi connectivity index (χ4n) is 3.94. The van der Waals surface area contributed by atoms with Crippen molar-refractivity contribution in [1.29, 1.82) is 0 Å². The van der Waals surface area contributed by atoms with Crippen molar-refractivity contribution in [2.75, 3.05) is 22.5 Å². The van der Waals surface area contributed by atoms with Crippen LogP contribution in [-0.2, 0) is 21.4 Å². The Kier molecular flexibility index (Phi) is 6.08. The Morgan fingerprint density at radius 2 is 1.94 bits per heavy atom. The van der Waals surface area contributed by atoms with E-state index in [9.17, 15) is 17.1 Å². The number of nitrogens with zero attached hydrogens (tertiary/aromatic N) is 3. The van der Waals surface area contributed by atoms with Crippen LogP contribution >= 0.6 is 0 Å². The van der Waals surface area contributed by atoms with Gasteiger partial charge in [-0.05, 0) is 56.2 Å². The van der Waals surface area contributed by atoms with E-state index < -0.39 is 10.2 Å². The minimum absolute atomic E-state index is 0.148.